The summed E-state index contributed by atoms with van der Waals surface area (Å²) in [6.07, 6.45) is -0.820. The van der Waals surface area contributed by atoms with Crippen LogP contribution < -0.4 is 10.6 Å². The summed E-state index contributed by atoms with van der Waals surface area (Å²) in [4.78, 5) is 26.3. The molecule has 4 N–H and O–H groups in total. The van der Waals surface area contributed by atoms with Crippen LogP contribution in [0.3, 0.4) is 0 Å². The number of likely N-dealkylation sites (N-methyl/N-ethyl adjacent to an activating group) is 1. The van der Waals surface area contributed by atoms with Crippen LogP contribution in [-0.4, -0.2) is 35.8 Å². The van der Waals surface area contributed by atoms with Gasteiger partial charge in [0.15, 0.2) is 0 Å². The summed E-state index contributed by atoms with van der Waals surface area (Å²) < 4.78 is 0. The third-order valence-corrected chi connectivity index (χ3v) is 2.27. The first-order valence-electron chi connectivity index (χ1n) is 5.17. The smallest absolute Gasteiger partial charge is 0.309 e. The molecule has 0 aromatic heterocycles. The molecule has 2 amide bonds. The van der Waals surface area contributed by atoms with Crippen LogP contribution >= 0.6 is 0 Å². The largest absolute Gasteiger partial charge is 0.508 e. The van der Waals surface area contributed by atoms with Gasteiger partial charge in [0.1, 0.15) is 11.9 Å². The molecule has 1 aromatic rings. The monoisotopic (exact) mass is 254 g/mol. The highest BCUT2D eigenvalue weighted by Gasteiger charge is 2.16. The van der Waals surface area contributed by atoms with Gasteiger partial charge in [0, 0.05) is 7.05 Å². The Morgan fingerprint density at radius 2 is 1.89 bits per heavy atom. The molecular formula is C11H14N2O5. The molecule has 0 heterocycles. The number of benzene rings is 1. The highest BCUT2D eigenvalue weighted by atomic mass is 17.1. The molecule has 0 radical (unpaired) electrons. The molecule has 7 nitrogen and oxygen atoms in total. The second-order valence-corrected chi connectivity index (χ2v) is 3.47. The zero-order chi connectivity index (χ0) is 13.5. The Morgan fingerprint density at radius 3 is 2.39 bits per heavy atom. The van der Waals surface area contributed by atoms with Crippen molar-refractivity contribution in [1.82, 2.24) is 10.6 Å². The standard InChI is InChI=1S/C11H14N2O5/c1-12-10(15)11(16)13-6-9(18-17)7-2-4-8(14)5-3-7/h2-5,9,14,17H,6H2,1H3,(H,12,15)(H,13,16). The van der Waals surface area contributed by atoms with Gasteiger partial charge >= 0.3 is 11.8 Å². The number of nitrogens with one attached hydrogen (secondary N) is 2. The molecule has 18 heavy (non-hydrogen) atoms. The number of carbonyl (C=O) groups is 2. The Morgan fingerprint density at radius 1 is 1.28 bits per heavy atom. The van der Waals surface area contributed by atoms with Gasteiger partial charge in [0.05, 0.1) is 6.54 Å². The fraction of sp³-hybridized carbons (Fsp3) is 0.273. The van der Waals surface area contributed by atoms with Crippen molar-refractivity contribution in [3.8, 4) is 5.75 Å². The Bertz CT molecular complexity index is 418. The lowest BCUT2D eigenvalue weighted by Gasteiger charge is -2.14. The number of carbonyl (C=O) groups excluding carboxylic acids is 2. The van der Waals surface area contributed by atoms with Crippen molar-refractivity contribution in [1.29, 1.82) is 0 Å². The van der Waals surface area contributed by atoms with Crippen LogP contribution in [0.25, 0.3) is 0 Å². The van der Waals surface area contributed by atoms with E-state index in [9.17, 15) is 9.59 Å². The minimum absolute atomic E-state index is 0.0739. The van der Waals surface area contributed by atoms with Crippen molar-refractivity contribution < 1.29 is 24.8 Å². The van der Waals surface area contributed by atoms with Crippen LogP contribution in [-0.2, 0) is 14.5 Å². The van der Waals surface area contributed by atoms with Crippen molar-refractivity contribution in [2.75, 3.05) is 13.6 Å². The molecule has 0 spiro atoms. The molecule has 7 heteroatoms. The number of phenols is 1. The van der Waals surface area contributed by atoms with Gasteiger partial charge in [-0.3, -0.25) is 14.8 Å². The summed E-state index contributed by atoms with van der Waals surface area (Å²) in [5.41, 5.74) is 0.549. The second kappa shape index (κ2) is 6.58. The molecule has 98 valence electrons. The topological polar surface area (TPSA) is 108 Å². The number of hydrogen-bond donors (Lipinski definition) is 4. The first-order valence-corrected chi connectivity index (χ1v) is 5.17. The predicted molar refractivity (Wildman–Crippen MR) is 61.6 cm³/mol. The summed E-state index contributed by atoms with van der Waals surface area (Å²) in [6.45, 7) is -0.0759. The van der Waals surface area contributed by atoms with E-state index in [1.165, 1.54) is 31.3 Å². The van der Waals surface area contributed by atoms with Crippen LogP contribution in [0.5, 0.6) is 5.75 Å². The third-order valence-electron chi connectivity index (χ3n) is 2.27. The van der Waals surface area contributed by atoms with Crippen molar-refractivity contribution in [2.24, 2.45) is 0 Å². The summed E-state index contributed by atoms with van der Waals surface area (Å²) >= 11 is 0. The quantitative estimate of drug-likeness (QED) is 0.337. The number of aromatic hydroxyl groups is 1. The van der Waals surface area contributed by atoms with E-state index in [2.05, 4.69) is 15.5 Å². The third kappa shape index (κ3) is 3.72. The normalized spacial score (nSPS) is 11.7. The Kier molecular flexibility index (Phi) is 5.09. The summed E-state index contributed by atoms with van der Waals surface area (Å²) in [5, 5.41) is 22.3. The number of phenolic OH excluding ortho intramolecular Hbond substituents is 1. The van der Waals surface area contributed by atoms with Crippen molar-refractivity contribution in [3.05, 3.63) is 29.8 Å². The Balaban J connectivity index is 2.60. The van der Waals surface area contributed by atoms with Gasteiger partial charge in [-0.25, -0.2) is 4.89 Å². The molecule has 0 aliphatic carbocycles. The highest BCUT2D eigenvalue weighted by molar-refractivity contribution is 6.35. The molecule has 0 saturated carbocycles. The Hall–Kier alpha value is -2.12. The van der Waals surface area contributed by atoms with Crippen LogP contribution in [0.2, 0.25) is 0 Å². The predicted octanol–water partition coefficient (Wildman–Crippen LogP) is -0.215. The van der Waals surface area contributed by atoms with Gasteiger partial charge in [-0.1, -0.05) is 12.1 Å². The van der Waals surface area contributed by atoms with Gasteiger partial charge in [-0.2, -0.15) is 0 Å². The maximum Gasteiger partial charge on any atom is 0.309 e. The average molecular weight is 254 g/mol. The second-order valence-electron chi connectivity index (χ2n) is 3.47. The molecule has 1 unspecified atom stereocenters. The van der Waals surface area contributed by atoms with Crippen LogP contribution in [0.1, 0.15) is 11.7 Å². The fourth-order valence-corrected chi connectivity index (χ4v) is 1.28. The van der Waals surface area contributed by atoms with E-state index < -0.39 is 17.9 Å². The maximum absolute atomic E-state index is 11.2. The molecule has 0 aliphatic heterocycles. The van der Waals surface area contributed by atoms with E-state index in [1.54, 1.807) is 0 Å². The summed E-state index contributed by atoms with van der Waals surface area (Å²) in [6, 6.07) is 5.90. The van der Waals surface area contributed by atoms with Gasteiger partial charge in [-0.05, 0) is 17.7 Å². The fourth-order valence-electron chi connectivity index (χ4n) is 1.28. The van der Waals surface area contributed by atoms with Crippen LogP contribution in [0, 0.1) is 0 Å². The van der Waals surface area contributed by atoms with Crippen molar-refractivity contribution >= 4 is 11.8 Å². The van der Waals surface area contributed by atoms with Crippen LogP contribution in [0.4, 0.5) is 0 Å². The van der Waals surface area contributed by atoms with Crippen molar-refractivity contribution in [2.45, 2.75) is 6.10 Å². The van der Waals surface area contributed by atoms with Gasteiger partial charge in [-0.15, -0.1) is 0 Å². The molecule has 0 aliphatic rings. The van der Waals surface area contributed by atoms with Crippen molar-refractivity contribution in [3.63, 3.8) is 0 Å². The minimum atomic E-state index is -0.821. The van der Waals surface area contributed by atoms with E-state index in [0.29, 0.717) is 5.56 Å². The van der Waals surface area contributed by atoms with Gasteiger partial charge in [0.2, 0.25) is 0 Å². The first kappa shape index (κ1) is 13.9. The molecule has 1 aromatic carbocycles. The zero-order valence-electron chi connectivity index (χ0n) is 9.71. The summed E-state index contributed by atoms with van der Waals surface area (Å²) in [5.74, 6) is -1.53. The summed E-state index contributed by atoms with van der Waals surface area (Å²) in [7, 11) is 1.34. The van der Waals surface area contributed by atoms with E-state index in [1.807, 2.05) is 0 Å². The minimum Gasteiger partial charge on any atom is -0.508 e. The highest BCUT2D eigenvalue weighted by Crippen LogP contribution is 2.18. The zero-order valence-corrected chi connectivity index (χ0v) is 9.71. The molecule has 0 bridgehead atoms. The van der Waals surface area contributed by atoms with E-state index in [-0.39, 0.29) is 12.3 Å². The first-order chi connectivity index (χ1) is 8.58. The molecule has 0 fully saturated rings. The van der Waals surface area contributed by atoms with Gasteiger partial charge in [0.25, 0.3) is 0 Å². The van der Waals surface area contributed by atoms with Gasteiger partial charge < -0.3 is 15.7 Å². The SMILES string of the molecule is CNC(=O)C(=O)NCC(OO)c1ccc(O)cc1. The van der Waals surface area contributed by atoms with E-state index in [0.717, 1.165) is 0 Å². The maximum atomic E-state index is 11.2. The average Bonchev–Trinajstić information content (AvgIpc) is 2.40. The molecule has 1 rings (SSSR count). The van der Waals surface area contributed by atoms with E-state index >= 15 is 0 Å². The molecule has 1 atom stereocenters. The lowest BCUT2D eigenvalue weighted by atomic mass is 10.1. The number of hydrogen-bond acceptors (Lipinski definition) is 5. The molecule has 0 saturated heterocycles. The van der Waals surface area contributed by atoms with Crippen LogP contribution in [0.15, 0.2) is 24.3 Å². The molecular weight excluding hydrogens is 240 g/mol. The lowest BCUT2D eigenvalue weighted by molar-refractivity contribution is -0.280. The number of amides is 2. The number of rotatable bonds is 4. The lowest BCUT2D eigenvalue weighted by Crippen LogP contribution is -2.40. The van der Waals surface area contributed by atoms with E-state index in [4.69, 9.17) is 10.4 Å². The Labute approximate surface area is 103 Å².